The largest absolute Gasteiger partial charge is 0.487 e. The summed E-state index contributed by atoms with van der Waals surface area (Å²) in [7, 11) is -3.47. The average molecular weight is 416 g/mol. The van der Waals surface area contributed by atoms with Crippen LogP contribution in [0.3, 0.4) is 0 Å². The number of likely N-dealkylation sites (tertiary alicyclic amines) is 1. The van der Waals surface area contributed by atoms with Gasteiger partial charge in [0.1, 0.15) is 16.7 Å². The van der Waals surface area contributed by atoms with Crippen molar-refractivity contribution in [3.8, 4) is 5.75 Å². The fourth-order valence-corrected chi connectivity index (χ4v) is 5.96. The van der Waals surface area contributed by atoms with Crippen molar-refractivity contribution in [2.45, 2.75) is 49.8 Å². The number of piperidine rings is 1. The first kappa shape index (κ1) is 20.3. The number of pyridine rings is 1. The highest BCUT2D eigenvalue weighted by Gasteiger charge is 2.47. The van der Waals surface area contributed by atoms with Crippen LogP contribution in [0.25, 0.3) is 0 Å². The van der Waals surface area contributed by atoms with Gasteiger partial charge in [0.05, 0.1) is 6.04 Å². The van der Waals surface area contributed by atoms with Crippen LogP contribution in [0.2, 0.25) is 0 Å². The second kappa shape index (κ2) is 8.42. The zero-order chi connectivity index (χ0) is 20.4. The van der Waals surface area contributed by atoms with Crippen LogP contribution in [-0.4, -0.2) is 60.4 Å². The van der Waals surface area contributed by atoms with Crippen molar-refractivity contribution in [2.24, 2.45) is 5.92 Å². The fraction of sp³-hybridized carbons (Fsp3) is 0.500. The van der Waals surface area contributed by atoms with Gasteiger partial charge in [0, 0.05) is 38.1 Å². The van der Waals surface area contributed by atoms with Crippen molar-refractivity contribution < 1.29 is 13.2 Å². The van der Waals surface area contributed by atoms with Crippen LogP contribution in [0, 0.1) is 5.92 Å². The van der Waals surface area contributed by atoms with Crippen molar-refractivity contribution in [2.75, 3.05) is 19.6 Å². The van der Waals surface area contributed by atoms with Gasteiger partial charge >= 0.3 is 0 Å². The molecule has 2 atom stereocenters. The molecule has 0 saturated carbocycles. The Morgan fingerprint density at radius 3 is 2.41 bits per heavy atom. The maximum atomic E-state index is 12.9. The summed E-state index contributed by atoms with van der Waals surface area (Å²) in [4.78, 5) is 6.73. The number of hydrogen-bond acceptors (Lipinski definition) is 5. The molecular weight excluding hydrogens is 386 g/mol. The van der Waals surface area contributed by atoms with E-state index in [1.54, 1.807) is 22.6 Å². The van der Waals surface area contributed by atoms with Crippen LogP contribution in [0.1, 0.15) is 26.7 Å². The number of benzene rings is 1. The van der Waals surface area contributed by atoms with Gasteiger partial charge < -0.3 is 4.74 Å². The minimum Gasteiger partial charge on any atom is -0.487 e. The van der Waals surface area contributed by atoms with Crippen molar-refractivity contribution in [3.05, 3.63) is 54.9 Å². The predicted molar refractivity (Wildman–Crippen MR) is 112 cm³/mol. The summed E-state index contributed by atoms with van der Waals surface area (Å²) >= 11 is 0. The normalized spacial score (nSPS) is 24.4. The SMILES string of the molecule is CC(C)N1C[C@H](Oc2ccccc2)[C@@H]1C1CCN(S(=O)(=O)c2cccnc2)CC1. The fourth-order valence-electron chi connectivity index (χ4n) is 4.53. The van der Waals surface area contributed by atoms with Gasteiger partial charge in [-0.3, -0.25) is 9.88 Å². The molecule has 29 heavy (non-hydrogen) atoms. The van der Waals surface area contributed by atoms with E-state index < -0.39 is 10.0 Å². The molecule has 1 aromatic carbocycles. The molecule has 2 aromatic rings. The molecule has 1 aromatic heterocycles. The summed E-state index contributed by atoms with van der Waals surface area (Å²) in [6, 6.07) is 14.0. The Morgan fingerprint density at radius 1 is 1.07 bits per heavy atom. The molecule has 6 nitrogen and oxygen atoms in total. The van der Waals surface area contributed by atoms with E-state index in [4.69, 9.17) is 4.74 Å². The summed E-state index contributed by atoms with van der Waals surface area (Å²) in [5.41, 5.74) is 0. The van der Waals surface area contributed by atoms with Crippen LogP contribution in [0.5, 0.6) is 5.75 Å². The number of para-hydroxylation sites is 1. The maximum Gasteiger partial charge on any atom is 0.244 e. The Bertz CT molecular complexity index is 897. The molecule has 156 valence electrons. The van der Waals surface area contributed by atoms with E-state index in [9.17, 15) is 8.42 Å². The quantitative estimate of drug-likeness (QED) is 0.726. The summed E-state index contributed by atoms with van der Waals surface area (Å²) in [5, 5.41) is 0. The minimum absolute atomic E-state index is 0.159. The lowest BCUT2D eigenvalue weighted by molar-refractivity contribution is -0.0972. The molecule has 0 N–H and O–H groups in total. The molecule has 0 unspecified atom stereocenters. The van der Waals surface area contributed by atoms with E-state index in [1.807, 2.05) is 30.3 Å². The van der Waals surface area contributed by atoms with Gasteiger partial charge in [-0.05, 0) is 56.9 Å². The highest BCUT2D eigenvalue weighted by atomic mass is 32.2. The third-order valence-electron chi connectivity index (χ3n) is 6.10. The van der Waals surface area contributed by atoms with Crippen LogP contribution in [0.4, 0.5) is 0 Å². The van der Waals surface area contributed by atoms with Gasteiger partial charge in [-0.1, -0.05) is 18.2 Å². The molecule has 2 fully saturated rings. The van der Waals surface area contributed by atoms with Gasteiger partial charge in [-0.25, -0.2) is 8.42 Å². The first-order valence-corrected chi connectivity index (χ1v) is 11.8. The third-order valence-corrected chi connectivity index (χ3v) is 7.98. The van der Waals surface area contributed by atoms with E-state index in [1.165, 1.54) is 6.20 Å². The monoisotopic (exact) mass is 415 g/mol. The molecule has 2 aliphatic rings. The summed E-state index contributed by atoms with van der Waals surface area (Å²) in [5.74, 6) is 1.34. The van der Waals surface area contributed by atoms with Crippen molar-refractivity contribution >= 4 is 10.0 Å². The first-order valence-electron chi connectivity index (χ1n) is 10.3. The van der Waals surface area contributed by atoms with Crippen molar-refractivity contribution in [3.63, 3.8) is 0 Å². The number of ether oxygens (including phenoxy) is 1. The maximum absolute atomic E-state index is 12.9. The zero-order valence-electron chi connectivity index (χ0n) is 17.0. The average Bonchev–Trinajstić information content (AvgIpc) is 2.72. The molecule has 3 heterocycles. The molecule has 2 saturated heterocycles. The highest BCUT2D eigenvalue weighted by Crippen LogP contribution is 2.36. The Kier molecular flexibility index (Phi) is 5.90. The lowest BCUT2D eigenvalue weighted by atomic mass is 9.80. The zero-order valence-corrected chi connectivity index (χ0v) is 17.8. The van der Waals surface area contributed by atoms with Gasteiger partial charge in [-0.2, -0.15) is 4.31 Å². The van der Waals surface area contributed by atoms with Gasteiger partial charge in [0.2, 0.25) is 10.0 Å². The molecule has 0 aliphatic carbocycles. The Hall–Kier alpha value is -1.96. The van der Waals surface area contributed by atoms with Crippen LogP contribution in [-0.2, 0) is 10.0 Å². The number of nitrogens with zero attached hydrogens (tertiary/aromatic N) is 3. The Balaban J connectivity index is 1.43. The minimum atomic E-state index is -3.47. The Labute approximate surface area is 173 Å². The van der Waals surface area contributed by atoms with Gasteiger partial charge in [0.25, 0.3) is 0 Å². The van der Waals surface area contributed by atoms with Gasteiger partial charge in [-0.15, -0.1) is 0 Å². The van der Waals surface area contributed by atoms with E-state index in [0.29, 0.717) is 31.1 Å². The summed E-state index contributed by atoms with van der Waals surface area (Å²) < 4.78 is 33.6. The molecular formula is C22H29N3O3S. The second-order valence-electron chi connectivity index (χ2n) is 8.18. The first-order chi connectivity index (χ1) is 14.0. The number of aromatic nitrogens is 1. The van der Waals surface area contributed by atoms with Gasteiger partial charge in [0.15, 0.2) is 0 Å². The topological polar surface area (TPSA) is 62.7 Å². The lowest BCUT2D eigenvalue weighted by Gasteiger charge is -2.54. The van der Waals surface area contributed by atoms with E-state index in [0.717, 1.165) is 25.1 Å². The van der Waals surface area contributed by atoms with E-state index >= 15 is 0 Å². The summed E-state index contributed by atoms with van der Waals surface area (Å²) in [6.07, 6.45) is 4.88. The molecule has 0 amide bonds. The number of sulfonamides is 1. The van der Waals surface area contributed by atoms with Crippen LogP contribution in [0.15, 0.2) is 59.8 Å². The molecule has 0 bridgehead atoms. The molecule has 0 spiro atoms. The van der Waals surface area contributed by atoms with E-state index in [-0.39, 0.29) is 11.0 Å². The standard InChI is InChI=1S/C22H29N3O3S/c1-17(2)25-16-21(28-19-7-4-3-5-8-19)22(25)18-10-13-24(14-11-18)29(26,27)20-9-6-12-23-15-20/h3-9,12,15,17-18,21-22H,10-11,13-14,16H2,1-2H3/t21-,22-/m0/s1. The molecule has 4 rings (SSSR count). The van der Waals surface area contributed by atoms with E-state index in [2.05, 4.69) is 23.7 Å². The third kappa shape index (κ3) is 4.17. The molecule has 7 heteroatoms. The second-order valence-corrected chi connectivity index (χ2v) is 10.1. The highest BCUT2D eigenvalue weighted by molar-refractivity contribution is 7.89. The van der Waals surface area contributed by atoms with Crippen LogP contribution >= 0.6 is 0 Å². The van der Waals surface area contributed by atoms with Crippen molar-refractivity contribution in [1.29, 1.82) is 0 Å². The van der Waals surface area contributed by atoms with Crippen LogP contribution < -0.4 is 4.74 Å². The number of hydrogen-bond donors (Lipinski definition) is 0. The smallest absolute Gasteiger partial charge is 0.244 e. The predicted octanol–water partition coefficient (Wildman–Crippen LogP) is 3.02. The summed E-state index contributed by atoms with van der Waals surface area (Å²) in [6.45, 7) is 6.44. The Morgan fingerprint density at radius 2 is 1.79 bits per heavy atom. The molecule has 2 aliphatic heterocycles. The number of rotatable bonds is 6. The molecule has 0 radical (unpaired) electrons. The lowest BCUT2D eigenvalue weighted by Crippen LogP contribution is -2.68. The van der Waals surface area contributed by atoms with Crippen molar-refractivity contribution in [1.82, 2.24) is 14.2 Å².